The van der Waals surface area contributed by atoms with E-state index in [-0.39, 0.29) is 23.8 Å². The Morgan fingerprint density at radius 2 is 2.25 bits per heavy atom. The van der Waals surface area contributed by atoms with Crippen molar-refractivity contribution in [2.24, 2.45) is 0 Å². The molecule has 1 aromatic carbocycles. The van der Waals surface area contributed by atoms with E-state index in [1.165, 1.54) is 30.5 Å². The molecule has 9 heteroatoms. The van der Waals surface area contributed by atoms with Crippen LogP contribution in [-0.4, -0.2) is 34.8 Å². The quantitative estimate of drug-likeness (QED) is 0.502. The fraction of sp³-hybridized carbons (Fsp3) is 0.133. The number of hydrogen-bond acceptors (Lipinski definition) is 7. The van der Waals surface area contributed by atoms with Gasteiger partial charge >= 0.3 is 5.82 Å². The molecule has 0 aliphatic carbocycles. The summed E-state index contributed by atoms with van der Waals surface area (Å²) in [4.78, 5) is 37.3. The number of hydrogen-bond donors (Lipinski definition) is 1. The summed E-state index contributed by atoms with van der Waals surface area (Å²) in [6.07, 6.45) is 1.26. The summed E-state index contributed by atoms with van der Waals surface area (Å²) in [6, 6.07) is 7.39. The second-order valence-corrected chi connectivity index (χ2v) is 4.84. The van der Waals surface area contributed by atoms with E-state index < -0.39 is 23.1 Å². The van der Waals surface area contributed by atoms with Crippen LogP contribution in [0.25, 0.3) is 0 Å². The number of anilines is 1. The molecule has 0 unspecified atom stereocenters. The minimum absolute atomic E-state index is 0.0753. The molecule has 0 spiro atoms. The van der Waals surface area contributed by atoms with Crippen LogP contribution in [0, 0.1) is 10.1 Å². The summed E-state index contributed by atoms with van der Waals surface area (Å²) in [5.41, 5.74) is 0.676. The third kappa shape index (κ3) is 3.14. The zero-order valence-corrected chi connectivity index (χ0v) is 12.2. The monoisotopic (exact) mass is 329 g/mol. The lowest BCUT2D eigenvalue weighted by Crippen LogP contribution is -2.25. The van der Waals surface area contributed by atoms with Gasteiger partial charge in [-0.15, -0.1) is 0 Å². The average molecular weight is 329 g/mol. The normalized spacial score (nSPS) is 12.6. The summed E-state index contributed by atoms with van der Waals surface area (Å²) < 4.78 is 10.4. The molecule has 122 valence electrons. The Morgan fingerprint density at radius 1 is 1.42 bits per heavy atom. The van der Waals surface area contributed by atoms with Crippen molar-refractivity contribution in [3.63, 3.8) is 0 Å². The van der Waals surface area contributed by atoms with Gasteiger partial charge in [0.05, 0.1) is 5.69 Å². The van der Waals surface area contributed by atoms with Crippen LogP contribution < -0.4 is 14.8 Å². The number of Topliss-reactive ketones (excluding diaryl/α,β-unsaturated/α-hetero) is 1. The highest BCUT2D eigenvalue weighted by molar-refractivity contribution is 6.01. The number of nitro groups is 1. The number of ether oxygens (including phenoxy) is 2. The molecule has 1 aliphatic rings. The first-order valence-corrected chi connectivity index (χ1v) is 6.86. The number of rotatable bonds is 5. The van der Waals surface area contributed by atoms with Gasteiger partial charge in [-0.2, -0.15) is 0 Å². The van der Waals surface area contributed by atoms with Gasteiger partial charge in [0.25, 0.3) is 5.91 Å². The summed E-state index contributed by atoms with van der Waals surface area (Å²) >= 11 is 0. The number of nitrogens with zero attached hydrogens (tertiary/aromatic N) is 2. The van der Waals surface area contributed by atoms with Gasteiger partial charge in [0.2, 0.25) is 5.75 Å². The van der Waals surface area contributed by atoms with Crippen LogP contribution in [-0.2, 0) is 4.79 Å². The summed E-state index contributed by atoms with van der Waals surface area (Å²) in [7, 11) is 0. The molecule has 2 heterocycles. The van der Waals surface area contributed by atoms with Crippen molar-refractivity contribution in [3.05, 3.63) is 52.2 Å². The lowest BCUT2D eigenvalue weighted by Gasteiger charge is -2.18. The van der Waals surface area contributed by atoms with Gasteiger partial charge in [-0.3, -0.25) is 9.59 Å². The Kier molecular flexibility index (Phi) is 4.06. The molecule has 0 atom stereocenters. The topological polar surface area (TPSA) is 121 Å². The molecule has 0 saturated carbocycles. The van der Waals surface area contributed by atoms with E-state index in [1.54, 1.807) is 6.07 Å². The van der Waals surface area contributed by atoms with Gasteiger partial charge in [0, 0.05) is 5.56 Å². The zero-order valence-electron chi connectivity index (χ0n) is 12.2. The van der Waals surface area contributed by atoms with Gasteiger partial charge in [0.1, 0.15) is 11.9 Å². The number of ketones is 1. The summed E-state index contributed by atoms with van der Waals surface area (Å²) in [5, 5.41) is 13.4. The third-order valence-electron chi connectivity index (χ3n) is 3.22. The smallest absolute Gasteiger partial charge is 0.406 e. The van der Waals surface area contributed by atoms with Crippen molar-refractivity contribution >= 4 is 23.2 Å². The average Bonchev–Trinajstić information content (AvgIpc) is 2.59. The maximum Gasteiger partial charge on any atom is 0.406 e. The molecule has 1 aliphatic heterocycles. The molecule has 0 fully saturated rings. The van der Waals surface area contributed by atoms with Crippen LogP contribution in [0.15, 0.2) is 36.5 Å². The van der Waals surface area contributed by atoms with Gasteiger partial charge in [-0.1, -0.05) is 0 Å². The van der Waals surface area contributed by atoms with Crippen LogP contribution in [0.4, 0.5) is 11.5 Å². The van der Waals surface area contributed by atoms with Crippen molar-refractivity contribution in [2.75, 3.05) is 18.5 Å². The maximum absolute atomic E-state index is 12.2. The highest BCUT2D eigenvalue weighted by atomic mass is 16.6. The minimum Gasteiger partial charge on any atom is -0.482 e. The lowest BCUT2D eigenvalue weighted by atomic mass is 10.1. The van der Waals surface area contributed by atoms with E-state index in [1.807, 2.05) is 0 Å². The molecule has 1 amide bonds. The standard InChI is InChI=1S/C15H11N3O6/c19-11(7-23-13-2-1-5-16-15(13)18(21)22)9-3-4-12-10(6-9)17-14(20)8-24-12/h1-6H,7-8H2,(H,17,20). The number of pyridine rings is 1. The molecule has 0 bridgehead atoms. The van der Waals surface area contributed by atoms with Crippen molar-refractivity contribution < 1.29 is 24.0 Å². The maximum atomic E-state index is 12.2. The van der Waals surface area contributed by atoms with E-state index in [0.29, 0.717) is 11.4 Å². The highest BCUT2D eigenvalue weighted by Gasteiger charge is 2.20. The van der Waals surface area contributed by atoms with Crippen LogP contribution >= 0.6 is 0 Å². The number of carbonyl (C=O) groups excluding carboxylic acids is 2. The van der Waals surface area contributed by atoms with Gasteiger partial charge in [-0.25, -0.2) is 0 Å². The van der Waals surface area contributed by atoms with Crippen molar-refractivity contribution in [1.29, 1.82) is 0 Å². The fourth-order valence-electron chi connectivity index (χ4n) is 2.12. The second kappa shape index (κ2) is 6.32. The van der Waals surface area contributed by atoms with E-state index in [2.05, 4.69) is 10.3 Å². The minimum atomic E-state index is -0.689. The van der Waals surface area contributed by atoms with Gasteiger partial charge in [0.15, 0.2) is 19.0 Å². The molecule has 1 aromatic heterocycles. The third-order valence-corrected chi connectivity index (χ3v) is 3.22. The lowest BCUT2D eigenvalue weighted by molar-refractivity contribution is -0.390. The first-order chi connectivity index (χ1) is 11.5. The van der Waals surface area contributed by atoms with E-state index in [0.717, 1.165) is 0 Å². The molecule has 3 rings (SSSR count). The molecular formula is C15H11N3O6. The van der Waals surface area contributed by atoms with Gasteiger partial charge < -0.3 is 24.9 Å². The SMILES string of the molecule is O=C1COc2ccc(C(=O)COc3cccnc3[N+](=O)[O-])cc2N1. The van der Waals surface area contributed by atoms with Crippen LogP contribution in [0.2, 0.25) is 0 Å². The summed E-state index contributed by atoms with van der Waals surface area (Å²) in [5.74, 6) is -0.804. The fourth-order valence-corrected chi connectivity index (χ4v) is 2.12. The number of nitrogens with one attached hydrogen (secondary N) is 1. The van der Waals surface area contributed by atoms with Crippen molar-refractivity contribution in [1.82, 2.24) is 4.98 Å². The predicted octanol–water partition coefficient (Wildman–Crippen LogP) is 1.58. The Balaban J connectivity index is 1.73. The van der Waals surface area contributed by atoms with Crippen molar-refractivity contribution in [2.45, 2.75) is 0 Å². The largest absolute Gasteiger partial charge is 0.482 e. The zero-order chi connectivity index (χ0) is 17.1. The number of benzene rings is 1. The van der Waals surface area contributed by atoms with Gasteiger partial charge in [-0.05, 0) is 40.2 Å². The second-order valence-electron chi connectivity index (χ2n) is 4.84. The van der Waals surface area contributed by atoms with E-state index >= 15 is 0 Å². The molecule has 0 radical (unpaired) electrons. The Morgan fingerprint density at radius 3 is 3.04 bits per heavy atom. The molecule has 9 nitrogen and oxygen atoms in total. The molecule has 24 heavy (non-hydrogen) atoms. The molecular weight excluding hydrogens is 318 g/mol. The number of fused-ring (bicyclic) bond motifs is 1. The first kappa shape index (κ1) is 15.4. The van der Waals surface area contributed by atoms with Crippen LogP contribution in [0.1, 0.15) is 10.4 Å². The highest BCUT2D eigenvalue weighted by Crippen LogP contribution is 2.29. The Hall–Kier alpha value is -3.49. The predicted molar refractivity (Wildman–Crippen MR) is 81.3 cm³/mol. The molecule has 1 N–H and O–H groups in total. The van der Waals surface area contributed by atoms with Crippen LogP contribution in [0.3, 0.4) is 0 Å². The van der Waals surface area contributed by atoms with E-state index in [9.17, 15) is 19.7 Å². The number of amides is 1. The molecule has 0 saturated heterocycles. The number of carbonyl (C=O) groups is 2. The van der Waals surface area contributed by atoms with Crippen LogP contribution in [0.5, 0.6) is 11.5 Å². The number of aromatic nitrogens is 1. The Bertz CT molecular complexity index is 836. The summed E-state index contributed by atoms with van der Waals surface area (Å²) in [6.45, 7) is -0.478. The first-order valence-electron chi connectivity index (χ1n) is 6.86. The molecule has 2 aromatic rings. The van der Waals surface area contributed by atoms with Crippen molar-refractivity contribution in [3.8, 4) is 11.5 Å². The Labute approximate surface area is 135 Å². The van der Waals surface area contributed by atoms with E-state index in [4.69, 9.17) is 9.47 Å².